The second-order valence-electron chi connectivity index (χ2n) is 9.55. The lowest BCUT2D eigenvalue weighted by Gasteiger charge is -2.42. The van der Waals surface area contributed by atoms with Gasteiger partial charge in [-0.05, 0) is 54.4 Å². The SMILES string of the molecule is CC(C)C(C(=O)O)N1C(=O)C2C3CC(C2C1=O)C1C(c2ccco2)c2sc(=S)[nH]c2SC31. The van der Waals surface area contributed by atoms with Gasteiger partial charge in [0.1, 0.15) is 11.8 Å². The van der Waals surface area contributed by atoms with Gasteiger partial charge >= 0.3 is 5.97 Å². The number of thiazole rings is 1. The highest BCUT2D eigenvalue weighted by Crippen LogP contribution is 2.69. The van der Waals surface area contributed by atoms with E-state index < -0.39 is 23.8 Å². The van der Waals surface area contributed by atoms with Crippen molar-refractivity contribution in [3.63, 3.8) is 0 Å². The number of carboxylic acid groups (broad SMARTS) is 1. The maximum Gasteiger partial charge on any atom is 0.327 e. The average Bonchev–Trinajstić information content (AvgIpc) is 3.51. The van der Waals surface area contributed by atoms with E-state index in [0.717, 1.165) is 27.0 Å². The molecule has 0 spiro atoms. The molecule has 8 unspecified atom stereocenters. The van der Waals surface area contributed by atoms with Crippen LogP contribution >= 0.6 is 35.3 Å². The first-order valence-corrected chi connectivity index (χ1v) is 12.9. The zero-order valence-corrected chi connectivity index (χ0v) is 19.8. The number of rotatable bonds is 4. The molecular formula is C22H22N2O5S3. The Hall–Kier alpha value is -1.91. The second-order valence-corrected chi connectivity index (χ2v) is 12.5. The Morgan fingerprint density at radius 1 is 1.28 bits per heavy atom. The van der Waals surface area contributed by atoms with Crippen molar-refractivity contribution in [2.45, 2.75) is 42.5 Å². The van der Waals surface area contributed by atoms with E-state index in [2.05, 4.69) is 4.98 Å². The number of amides is 2. The van der Waals surface area contributed by atoms with Crippen molar-refractivity contribution in [2.24, 2.45) is 35.5 Å². The number of imide groups is 1. The standard InChI is InChI=1S/C22H22N2O5S3/c1-7(2)15(21(27)28)24-19(25)12-8-6-9(13(12)20(24)26)16-11(8)14(10-4-3-5-29-10)17-18(31-16)23-22(30)32-17/h3-5,7-9,11-16H,6H2,1-2H3,(H,23,30)(H,27,28). The number of carbonyl (C=O) groups is 3. The smallest absolute Gasteiger partial charge is 0.327 e. The molecule has 7 nitrogen and oxygen atoms in total. The van der Waals surface area contributed by atoms with Crippen LogP contribution in [0.1, 0.15) is 36.8 Å². The molecule has 2 aliphatic carbocycles. The quantitative estimate of drug-likeness (QED) is 0.493. The summed E-state index contributed by atoms with van der Waals surface area (Å²) in [7, 11) is 0. The van der Waals surface area contributed by atoms with Crippen LogP contribution in [-0.4, -0.2) is 44.1 Å². The molecule has 4 heterocycles. The molecule has 2 aromatic heterocycles. The fourth-order valence-corrected chi connectivity index (χ4v) is 10.1. The van der Waals surface area contributed by atoms with E-state index in [4.69, 9.17) is 16.6 Å². The summed E-state index contributed by atoms with van der Waals surface area (Å²) in [5, 5.41) is 11.0. The number of carbonyl (C=O) groups excluding carboxylic acids is 2. The molecule has 2 amide bonds. The van der Waals surface area contributed by atoms with E-state index in [-0.39, 0.29) is 46.7 Å². The van der Waals surface area contributed by atoms with Gasteiger partial charge in [0.15, 0.2) is 3.95 Å². The molecule has 2 bridgehead atoms. The van der Waals surface area contributed by atoms with Gasteiger partial charge in [0.2, 0.25) is 11.8 Å². The number of carboxylic acids is 1. The third-order valence-electron chi connectivity index (χ3n) is 7.77. The summed E-state index contributed by atoms with van der Waals surface area (Å²) in [5.74, 6) is -1.91. The number of furan rings is 1. The number of likely N-dealkylation sites (tertiary alicyclic amines) is 1. The number of thioether (sulfide) groups is 1. The molecule has 8 atom stereocenters. The molecule has 1 saturated heterocycles. The number of nitrogens with one attached hydrogen (secondary N) is 1. The highest BCUT2D eigenvalue weighted by Gasteiger charge is 2.70. The van der Waals surface area contributed by atoms with Gasteiger partial charge in [0, 0.05) is 10.1 Å². The number of aromatic amines is 1. The number of fused-ring (bicyclic) bond motifs is 9. The van der Waals surface area contributed by atoms with Gasteiger partial charge in [-0.3, -0.25) is 14.5 Å². The minimum atomic E-state index is -1.12. The fraction of sp³-hybridized carbons (Fsp3) is 0.545. The first-order valence-electron chi connectivity index (χ1n) is 10.8. The number of hydrogen-bond donors (Lipinski definition) is 2. The molecule has 0 aromatic carbocycles. The van der Waals surface area contributed by atoms with Gasteiger partial charge in [-0.1, -0.05) is 13.8 Å². The molecule has 2 aromatic rings. The Bertz CT molecular complexity index is 1180. The molecule has 0 radical (unpaired) electrons. The normalized spacial score (nSPS) is 35.8. The average molecular weight is 491 g/mol. The summed E-state index contributed by atoms with van der Waals surface area (Å²) >= 11 is 8.71. The Kier molecular flexibility index (Phi) is 4.55. The molecule has 2 aliphatic heterocycles. The maximum absolute atomic E-state index is 13.5. The molecule has 168 valence electrons. The third kappa shape index (κ3) is 2.60. The first-order chi connectivity index (χ1) is 15.3. The third-order valence-corrected chi connectivity index (χ3v) is 10.7. The van der Waals surface area contributed by atoms with Gasteiger partial charge in [-0.25, -0.2) is 4.79 Å². The van der Waals surface area contributed by atoms with Crippen LogP contribution in [0.25, 0.3) is 0 Å². The highest BCUT2D eigenvalue weighted by atomic mass is 32.2. The second kappa shape index (κ2) is 7.04. The van der Waals surface area contributed by atoms with Crippen LogP contribution in [0.5, 0.6) is 0 Å². The lowest BCUT2D eigenvalue weighted by molar-refractivity contribution is -0.157. The van der Waals surface area contributed by atoms with Crippen molar-refractivity contribution in [3.8, 4) is 0 Å². The van der Waals surface area contributed by atoms with Crippen LogP contribution in [0.4, 0.5) is 0 Å². The zero-order chi connectivity index (χ0) is 22.5. The first kappa shape index (κ1) is 20.7. The molecule has 6 rings (SSSR count). The molecule has 4 aliphatic rings. The fourth-order valence-electron chi connectivity index (χ4n) is 6.79. The maximum atomic E-state index is 13.5. The molecule has 3 fully saturated rings. The van der Waals surface area contributed by atoms with Gasteiger partial charge in [-0.15, -0.1) is 23.1 Å². The van der Waals surface area contributed by atoms with Gasteiger partial charge in [-0.2, -0.15) is 0 Å². The van der Waals surface area contributed by atoms with Crippen molar-refractivity contribution in [3.05, 3.63) is 33.0 Å². The number of hydrogen-bond acceptors (Lipinski definition) is 7. The lowest BCUT2D eigenvalue weighted by atomic mass is 9.69. The van der Waals surface area contributed by atoms with Crippen LogP contribution in [0.3, 0.4) is 0 Å². The van der Waals surface area contributed by atoms with Crippen LogP contribution < -0.4 is 0 Å². The van der Waals surface area contributed by atoms with Crippen LogP contribution in [0, 0.1) is 39.5 Å². The monoisotopic (exact) mass is 490 g/mol. The van der Waals surface area contributed by atoms with E-state index in [1.165, 1.54) is 0 Å². The summed E-state index contributed by atoms with van der Waals surface area (Å²) in [6.45, 7) is 3.48. The topological polar surface area (TPSA) is 104 Å². The van der Waals surface area contributed by atoms with E-state index in [1.54, 1.807) is 43.2 Å². The summed E-state index contributed by atoms with van der Waals surface area (Å²) in [5.41, 5.74) is 0. The van der Waals surface area contributed by atoms with Crippen molar-refractivity contribution in [1.29, 1.82) is 0 Å². The Balaban J connectivity index is 1.43. The summed E-state index contributed by atoms with van der Waals surface area (Å²) in [4.78, 5) is 44.5. The number of H-pyrrole nitrogens is 1. The minimum absolute atomic E-state index is 0.0162. The zero-order valence-electron chi connectivity index (χ0n) is 17.4. The van der Waals surface area contributed by atoms with Crippen LogP contribution in [-0.2, 0) is 14.4 Å². The molecule has 10 heteroatoms. The van der Waals surface area contributed by atoms with Crippen molar-refractivity contribution >= 4 is 53.1 Å². The number of aromatic nitrogens is 1. The molecule has 2 N–H and O–H groups in total. The highest BCUT2D eigenvalue weighted by molar-refractivity contribution is 8.00. The Labute approximate surface area is 197 Å². The Morgan fingerprint density at radius 2 is 2.00 bits per heavy atom. The minimum Gasteiger partial charge on any atom is -0.480 e. The molecule has 2 saturated carbocycles. The molecule has 32 heavy (non-hydrogen) atoms. The summed E-state index contributed by atoms with van der Waals surface area (Å²) in [6, 6.07) is 2.73. The Morgan fingerprint density at radius 3 is 2.62 bits per heavy atom. The summed E-state index contributed by atoms with van der Waals surface area (Å²) < 4.78 is 6.56. The van der Waals surface area contributed by atoms with E-state index in [1.807, 2.05) is 12.1 Å². The van der Waals surface area contributed by atoms with Crippen molar-refractivity contribution in [2.75, 3.05) is 0 Å². The van der Waals surface area contributed by atoms with Gasteiger partial charge < -0.3 is 14.5 Å². The predicted molar refractivity (Wildman–Crippen MR) is 120 cm³/mol. The largest absolute Gasteiger partial charge is 0.480 e. The number of aliphatic carboxylic acids is 1. The van der Waals surface area contributed by atoms with E-state index in [0.29, 0.717) is 3.95 Å². The predicted octanol–water partition coefficient (Wildman–Crippen LogP) is 3.98. The summed E-state index contributed by atoms with van der Waals surface area (Å²) in [6.07, 6.45) is 2.48. The number of nitrogens with zero attached hydrogens (tertiary/aromatic N) is 1. The lowest BCUT2D eigenvalue weighted by Crippen LogP contribution is -2.49. The van der Waals surface area contributed by atoms with Crippen LogP contribution in [0.15, 0.2) is 27.8 Å². The van der Waals surface area contributed by atoms with E-state index >= 15 is 0 Å². The van der Waals surface area contributed by atoms with Gasteiger partial charge in [0.05, 0.1) is 29.0 Å². The van der Waals surface area contributed by atoms with Gasteiger partial charge in [0.25, 0.3) is 0 Å². The van der Waals surface area contributed by atoms with E-state index in [9.17, 15) is 19.5 Å². The molecular weight excluding hydrogens is 468 g/mol. The van der Waals surface area contributed by atoms with Crippen molar-refractivity contribution < 1.29 is 23.9 Å². The van der Waals surface area contributed by atoms with Crippen LogP contribution in [0.2, 0.25) is 0 Å². The van der Waals surface area contributed by atoms with Crippen molar-refractivity contribution in [1.82, 2.24) is 9.88 Å².